The summed E-state index contributed by atoms with van der Waals surface area (Å²) in [5.74, 6) is 0.377. The predicted octanol–water partition coefficient (Wildman–Crippen LogP) is 1.76. The highest BCUT2D eigenvalue weighted by molar-refractivity contribution is 5.39. The molecule has 4 heteroatoms. The molecule has 16 heavy (non-hydrogen) atoms. The zero-order chi connectivity index (χ0) is 11.5. The van der Waals surface area contributed by atoms with Gasteiger partial charge in [-0.2, -0.15) is 5.26 Å². The van der Waals surface area contributed by atoms with Crippen molar-refractivity contribution < 1.29 is 0 Å². The van der Waals surface area contributed by atoms with Gasteiger partial charge in [-0.25, -0.2) is 4.98 Å². The summed E-state index contributed by atoms with van der Waals surface area (Å²) in [6.07, 6.45) is 3.37. The molecular formula is C12H12N4. The number of nitriles is 1. The Labute approximate surface area is 94.0 Å². The van der Waals surface area contributed by atoms with Crippen LogP contribution in [0.3, 0.4) is 0 Å². The second-order valence-corrected chi connectivity index (χ2v) is 3.62. The van der Waals surface area contributed by atoms with Crippen molar-refractivity contribution in [1.29, 1.82) is 5.26 Å². The number of hydrogen-bond acceptors (Lipinski definition) is 3. The van der Waals surface area contributed by atoms with Gasteiger partial charge in [0.2, 0.25) is 5.82 Å². The predicted molar refractivity (Wildman–Crippen MR) is 60.9 cm³/mol. The standard InChI is InChI=1S/C12H12N4/c1-9(14)10-3-2-4-11(7-10)16-6-5-15-12(16)8-13/h2-7,9H,14H2,1H3. The van der Waals surface area contributed by atoms with Gasteiger partial charge in [-0.05, 0) is 24.6 Å². The third-order valence-electron chi connectivity index (χ3n) is 2.41. The molecule has 4 nitrogen and oxygen atoms in total. The molecule has 0 saturated heterocycles. The molecule has 1 unspecified atom stereocenters. The SMILES string of the molecule is CC(N)c1cccc(-n2ccnc2C#N)c1. The molecule has 0 aliphatic heterocycles. The van der Waals surface area contributed by atoms with Crippen LogP contribution in [-0.2, 0) is 0 Å². The van der Waals surface area contributed by atoms with Crippen molar-refractivity contribution in [2.45, 2.75) is 13.0 Å². The monoisotopic (exact) mass is 212 g/mol. The summed E-state index contributed by atoms with van der Waals surface area (Å²) in [5.41, 5.74) is 7.76. The van der Waals surface area contributed by atoms with Crippen molar-refractivity contribution in [3.63, 3.8) is 0 Å². The maximum absolute atomic E-state index is 8.89. The van der Waals surface area contributed by atoms with E-state index in [2.05, 4.69) is 4.98 Å². The van der Waals surface area contributed by atoms with Gasteiger partial charge >= 0.3 is 0 Å². The lowest BCUT2D eigenvalue weighted by molar-refractivity contribution is 0.815. The van der Waals surface area contributed by atoms with E-state index in [0.29, 0.717) is 5.82 Å². The Morgan fingerprint density at radius 1 is 1.50 bits per heavy atom. The van der Waals surface area contributed by atoms with Crippen LogP contribution in [0.15, 0.2) is 36.7 Å². The average molecular weight is 212 g/mol. The highest BCUT2D eigenvalue weighted by atomic mass is 15.1. The number of hydrogen-bond donors (Lipinski definition) is 1. The van der Waals surface area contributed by atoms with Crippen molar-refractivity contribution >= 4 is 0 Å². The molecule has 0 bridgehead atoms. The summed E-state index contributed by atoms with van der Waals surface area (Å²) in [4.78, 5) is 3.96. The maximum atomic E-state index is 8.89. The van der Waals surface area contributed by atoms with Crippen molar-refractivity contribution in [2.24, 2.45) is 5.73 Å². The van der Waals surface area contributed by atoms with E-state index in [4.69, 9.17) is 11.0 Å². The van der Waals surface area contributed by atoms with Crippen LogP contribution in [0.5, 0.6) is 0 Å². The first-order valence-electron chi connectivity index (χ1n) is 5.01. The normalized spacial score (nSPS) is 12.1. The fourth-order valence-electron chi connectivity index (χ4n) is 1.55. The van der Waals surface area contributed by atoms with Crippen LogP contribution in [0.25, 0.3) is 5.69 Å². The molecule has 0 aliphatic rings. The van der Waals surface area contributed by atoms with E-state index in [1.165, 1.54) is 0 Å². The lowest BCUT2D eigenvalue weighted by Gasteiger charge is -2.09. The Kier molecular flexibility index (Phi) is 2.71. The summed E-state index contributed by atoms with van der Waals surface area (Å²) in [6.45, 7) is 1.93. The summed E-state index contributed by atoms with van der Waals surface area (Å²) < 4.78 is 1.74. The smallest absolute Gasteiger partial charge is 0.217 e. The molecular weight excluding hydrogens is 200 g/mol. The Balaban J connectivity index is 2.49. The van der Waals surface area contributed by atoms with Crippen molar-refractivity contribution in [3.05, 3.63) is 48.0 Å². The van der Waals surface area contributed by atoms with E-state index in [1.54, 1.807) is 17.0 Å². The molecule has 0 aliphatic carbocycles. The van der Waals surface area contributed by atoms with Crippen LogP contribution in [0.2, 0.25) is 0 Å². The first kappa shape index (κ1) is 10.4. The Morgan fingerprint density at radius 3 is 3.00 bits per heavy atom. The summed E-state index contributed by atoms with van der Waals surface area (Å²) in [5, 5.41) is 8.89. The summed E-state index contributed by atoms with van der Waals surface area (Å²) in [7, 11) is 0. The number of aromatic nitrogens is 2. The number of nitrogens with zero attached hydrogens (tertiary/aromatic N) is 3. The summed E-state index contributed by atoms with van der Waals surface area (Å²) in [6, 6.07) is 9.81. The second kappa shape index (κ2) is 4.17. The molecule has 2 N–H and O–H groups in total. The zero-order valence-electron chi connectivity index (χ0n) is 8.96. The highest BCUT2D eigenvalue weighted by Crippen LogP contribution is 2.16. The number of nitrogens with two attached hydrogens (primary N) is 1. The lowest BCUT2D eigenvalue weighted by atomic mass is 10.1. The number of imidazole rings is 1. The van der Waals surface area contributed by atoms with Crippen LogP contribution in [0.4, 0.5) is 0 Å². The fourth-order valence-corrected chi connectivity index (χ4v) is 1.55. The van der Waals surface area contributed by atoms with Gasteiger partial charge in [0.1, 0.15) is 6.07 Å². The second-order valence-electron chi connectivity index (χ2n) is 3.62. The molecule has 0 fully saturated rings. The molecule has 0 saturated carbocycles. The maximum Gasteiger partial charge on any atom is 0.217 e. The minimum absolute atomic E-state index is 0.0194. The van der Waals surface area contributed by atoms with Gasteiger partial charge in [0, 0.05) is 24.1 Å². The van der Waals surface area contributed by atoms with E-state index in [1.807, 2.05) is 37.3 Å². The van der Waals surface area contributed by atoms with Crippen LogP contribution < -0.4 is 5.73 Å². The van der Waals surface area contributed by atoms with E-state index in [9.17, 15) is 0 Å². The molecule has 2 aromatic rings. The Bertz CT molecular complexity index is 534. The molecule has 80 valence electrons. The highest BCUT2D eigenvalue weighted by Gasteiger charge is 2.05. The van der Waals surface area contributed by atoms with Crippen LogP contribution >= 0.6 is 0 Å². The summed E-state index contributed by atoms with van der Waals surface area (Å²) >= 11 is 0. The zero-order valence-corrected chi connectivity index (χ0v) is 8.96. The van der Waals surface area contributed by atoms with E-state index in [0.717, 1.165) is 11.3 Å². The van der Waals surface area contributed by atoms with E-state index < -0.39 is 0 Å². The third-order valence-corrected chi connectivity index (χ3v) is 2.41. The van der Waals surface area contributed by atoms with Gasteiger partial charge in [-0.3, -0.25) is 4.57 Å². The van der Waals surface area contributed by atoms with E-state index in [-0.39, 0.29) is 6.04 Å². The van der Waals surface area contributed by atoms with Gasteiger partial charge in [0.15, 0.2) is 0 Å². The largest absolute Gasteiger partial charge is 0.324 e. The Hall–Kier alpha value is -2.12. The van der Waals surface area contributed by atoms with Crippen molar-refractivity contribution in [2.75, 3.05) is 0 Å². The average Bonchev–Trinajstić information content (AvgIpc) is 2.77. The molecule has 0 amide bonds. The number of rotatable bonds is 2. The quantitative estimate of drug-likeness (QED) is 0.824. The van der Waals surface area contributed by atoms with Gasteiger partial charge in [-0.15, -0.1) is 0 Å². The van der Waals surface area contributed by atoms with Crippen LogP contribution in [0.1, 0.15) is 24.4 Å². The molecule has 1 heterocycles. The lowest BCUT2D eigenvalue weighted by Crippen LogP contribution is -2.06. The van der Waals surface area contributed by atoms with Gasteiger partial charge in [-0.1, -0.05) is 12.1 Å². The first-order valence-corrected chi connectivity index (χ1v) is 5.01. The van der Waals surface area contributed by atoms with Gasteiger partial charge in [0.05, 0.1) is 0 Å². The topological polar surface area (TPSA) is 67.6 Å². The molecule has 0 radical (unpaired) electrons. The van der Waals surface area contributed by atoms with Gasteiger partial charge in [0.25, 0.3) is 0 Å². The molecule has 0 spiro atoms. The van der Waals surface area contributed by atoms with Gasteiger partial charge < -0.3 is 5.73 Å². The van der Waals surface area contributed by atoms with E-state index >= 15 is 0 Å². The molecule has 1 aromatic heterocycles. The first-order chi connectivity index (χ1) is 7.72. The van der Waals surface area contributed by atoms with Crippen LogP contribution in [-0.4, -0.2) is 9.55 Å². The molecule has 1 aromatic carbocycles. The Morgan fingerprint density at radius 2 is 2.31 bits per heavy atom. The van der Waals surface area contributed by atoms with Crippen LogP contribution in [0, 0.1) is 11.3 Å². The minimum atomic E-state index is -0.0194. The molecule has 2 rings (SSSR count). The minimum Gasteiger partial charge on any atom is -0.324 e. The third kappa shape index (κ3) is 1.81. The fraction of sp³-hybridized carbons (Fsp3) is 0.167. The van der Waals surface area contributed by atoms with Crippen molar-refractivity contribution in [3.8, 4) is 11.8 Å². The molecule has 1 atom stereocenters. The number of benzene rings is 1. The van der Waals surface area contributed by atoms with Crippen molar-refractivity contribution in [1.82, 2.24) is 9.55 Å².